The lowest BCUT2D eigenvalue weighted by Crippen LogP contribution is -2.48. The van der Waals surface area contributed by atoms with E-state index in [4.69, 9.17) is 26.2 Å². The summed E-state index contributed by atoms with van der Waals surface area (Å²) < 4.78 is 15.8. The molecule has 0 saturated heterocycles. The van der Waals surface area contributed by atoms with Gasteiger partial charge in [-0.3, -0.25) is 9.69 Å². The molecule has 0 spiro atoms. The van der Waals surface area contributed by atoms with Crippen molar-refractivity contribution >= 4 is 34.7 Å². The van der Waals surface area contributed by atoms with Gasteiger partial charge < -0.3 is 29.7 Å². The molecule has 4 rings (SSSR count). The fraction of sp³-hybridized carbons (Fsp3) is 0.208. The molecule has 10 heteroatoms. The minimum atomic E-state index is -0.650. The number of ether oxygens (including phenoxy) is 2. The molecule has 0 aliphatic carbocycles. The molecule has 0 saturated carbocycles. The first kappa shape index (κ1) is 23.1. The highest BCUT2D eigenvalue weighted by Gasteiger charge is 2.36. The largest absolute Gasteiger partial charge is 0.504 e. The lowest BCUT2D eigenvalue weighted by Gasteiger charge is -2.38. The van der Waals surface area contributed by atoms with Crippen LogP contribution in [-0.2, 0) is 4.79 Å². The van der Waals surface area contributed by atoms with Crippen molar-refractivity contribution in [1.29, 1.82) is 0 Å². The highest BCUT2D eigenvalue weighted by Crippen LogP contribution is 2.39. The number of nitrogens with zero attached hydrogens (tertiary/aromatic N) is 2. The number of phenols is 1. The summed E-state index contributed by atoms with van der Waals surface area (Å²) in [4.78, 5) is 15.3. The van der Waals surface area contributed by atoms with E-state index < -0.39 is 11.9 Å². The number of aromatic hydroxyl groups is 1. The third kappa shape index (κ3) is 4.27. The summed E-state index contributed by atoms with van der Waals surface area (Å²) in [6, 6.07) is 13.3. The molecule has 176 valence electrons. The zero-order valence-electron chi connectivity index (χ0n) is 19.1. The molecule has 1 aromatic heterocycles. The zero-order chi connectivity index (χ0) is 24.4. The summed E-state index contributed by atoms with van der Waals surface area (Å²) >= 11 is 5.70. The first-order chi connectivity index (χ1) is 16.3. The molecule has 3 N–H and O–H groups in total. The highest BCUT2D eigenvalue weighted by atomic mass is 32.1. The molecule has 1 aliphatic rings. The Bertz CT molecular complexity index is 1290. The van der Waals surface area contributed by atoms with Crippen molar-refractivity contribution in [3.8, 4) is 17.2 Å². The van der Waals surface area contributed by atoms with E-state index in [-0.39, 0.29) is 11.6 Å². The van der Waals surface area contributed by atoms with Crippen LogP contribution in [0.5, 0.6) is 17.2 Å². The third-order valence-corrected chi connectivity index (χ3v) is 5.76. The summed E-state index contributed by atoms with van der Waals surface area (Å²) in [5.74, 6) is 1.32. The third-order valence-electron chi connectivity index (χ3n) is 5.46. The average Bonchev–Trinajstić information content (AvgIpc) is 3.23. The van der Waals surface area contributed by atoms with Gasteiger partial charge in [-0.2, -0.15) is 0 Å². The van der Waals surface area contributed by atoms with Crippen LogP contribution >= 0.6 is 12.2 Å². The second-order valence-corrected chi connectivity index (χ2v) is 7.98. The first-order valence-electron chi connectivity index (χ1n) is 10.4. The molecular formula is C24H24N4O5S. The summed E-state index contributed by atoms with van der Waals surface area (Å²) in [5.41, 5.74) is 2.27. The van der Waals surface area contributed by atoms with Crippen LogP contribution in [0.4, 0.5) is 11.5 Å². The maximum Gasteiger partial charge on any atom is 0.257 e. The van der Waals surface area contributed by atoms with Crippen molar-refractivity contribution in [2.45, 2.75) is 19.9 Å². The number of carbonyl (C=O) groups excluding carboxylic acids is 1. The molecule has 2 heterocycles. The highest BCUT2D eigenvalue weighted by molar-refractivity contribution is 7.80. The van der Waals surface area contributed by atoms with E-state index in [0.717, 1.165) is 0 Å². The SMILES string of the molecule is COc1ccc([C@@H]2NC(=S)N(c3ccccc3OC)C(C)=C2C(=O)Nc2cc(C)on2)cc1O. The summed E-state index contributed by atoms with van der Waals surface area (Å²) in [6.45, 7) is 3.54. The number of carbonyl (C=O) groups is 1. The van der Waals surface area contributed by atoms with E-state index in [2.05, 4.69) is 15.8 Å². The van der Waals surface area contributed by atoms with Gasteiger partial charge in [0.25, 0.3) is 5.91 Å². The Morgan fingerprint density at radius 1 is 1.15 bits per heavy atom. The average molecular weight is 481 g/mol. The fourth-order valence-electron chi connectivity index (χ4n) is 3.89. The van der Waals surface area contributed by atoms with E-state index in [9.17, 15) is 9.90 Å². The maximum absolute atomic E-state index is 13.5. The standard InChI is InChI=1S/C24H24N4O5S/c1-13-11-20(27-33-13)25-23(30)21-14(2)28(16-7-5-6-8-18(16)31-3)24(34)26-22(21)15-9-10-19(32-4)17(29)12-15/h5-12,22,29H,1-4H3,(H,26,34)(H,25,27,30)/t22-/m0/s1. The van der Waals surface area contributed by atoms with Crippen molar-refractivity contribution in [2.24, 2.45) is 0 Å². The number of amides is 1. The number of hydrogen-bond donors (Lipinski definition) is 3. The number of para-hydroxylation sites is 2. The van der Waals surface area contributed by atoms with E-state index in [1.54, 1.807) is 50.1 Å². The molecule has 0 radical (unpaired) electrons. The molecule has 0 unspecified atom stereocenters. The number of aromatic nitrogens is 1. The van der Waals surface area contributed by atoms with E-state index in [1.165, 1.54) is 7.11 Å². The monoisotopic (exact) mass is 480 g/mol. The van der Waals surface area contributed by atoms with Crippen LogP contribution in [0, 0.1) is 6.92 Å². The normalized spacial score (nSPS) is 15.7. The van der Waals surface area contributed by atoms with Gasteiger partial charge in [-0.1, -0.05) is 23.4 Å². The fourth-order valence-corrected chi connectivity index (χ4v) is 4.24. The molecular weight excluding hydrogens is 456 g/mol. The number of methoxy groups -OCH3 is 2. The number of allylic oxidation sites excluding steroid dienone is 1. The smallest absolute Gasteiger partial charge is 0.257 e. The van der Waals surface area contributed by atoms with Crippen molar-refractivity contribution in [3.05, 3.63) is 71.1 Å². The number of rotatable bonds is 6. The van der Waals surface area contributed by atoms with Crippen LogP contribution in [0.1, 0.15) is 24.3 Å². The van der Waals surface area contributed by atoms with Gasteiger partial charge in [-0.25, -0.2) is 0 Å². The Labute approximate surface area is 202 Å². The lowest BCUT2D eigenvalue weighted by molar-refractivity contribution is -0.113. The maximum atomic E-state index is 13.5. The van der Waals surface area contributed by atoms with Gasteiger partial charge in [-0.15, -0.1) is 0 Å². The van der Waals surface area contributed by atoms with Gasteiger partial charge in [-0.05, 0) is 55.9 Å². The number of aryl methyl sites for hydroxylation is 1. The Hall–Kier alpha value is -4.05. The van der Waals surface area contributed by atoms with Crippen LogP contribution in [0.3, 0.4) is 0 Å². The molecule has 2 aromatic carbocycles. The van der Waals surface area contributed by atoms with Crippen molar-refractivity contribution in [1.82, 2.24) is 10.5 Å². The zero-order valence-corrected chi connectivity index (χ0v) is 19.9. The van der Waals surface area contributed by atoms with Crippen molar-refractivity contribution in [3.63, 3.8) is 0 Å². The summed E-state index contributed by atoms with van der Waals surface area (Å²) in [7, 11) is 3.04. The Morgan fingerprint density at radius 3 is 2.53 bits per heavy atom. The number of thiocarbonyl (C=S) groups is 1. The molecule has 0 fully saturated rings. The van der Waals surface area contributed by atoms with E-state index in [1.807, 2.05) is 24.3 Å². The van der Waals surface area contributed by atoms with Crippen LogP contribution in [0.2, 0.25) is 0 Å². The Morgan fingerprint density at radius 2 is 1.88 bits per heavy atom. The van der Waals surface area contributed by atoms with Crippen LogP contribution < -0.4 is 25.0 Å². The number of hydrogen-bond acceptors (Lipinski definition) is 7. The van der Waals surface area contributed by atoms with E-state index >= 15 is 0 Å². The number of phenolic OH excluding ortho intramolecular Hbond substituents is 1. The van der Waals surface area contributed by atoms with Crippen molar-refractivity contribution in [2.75, 3.05) is 24.4 Å². The molecule has 34 heavy (non-hydrogen) atoms. The van der Waals surface area contributed by atoms with Gasteiger partial charge >= 0.3 is 0 Å². The van der Waals surface area contributed by atoms with Gasteiger partial charge in [0.05, 0.1) is 31.5 Å². The van der Waals surface area contributed by atoms with Gasteiger partial charge in [0.15, 0.2) is 22.4 Å². The molecule has 3 aromatic rings. The topological polar surface area (TPSA) is 109 Å². The van der Waals surface area contributed by atoms with Crippen LogP contribution in [0.25, 0.3) is 0 Å². The number of anilines is 2. The quantitative estimate of drug-likeness (QED) is 0.450. The lowest BCUT2D eigenvalue weighted by atomic mass is 9.93. The predicted molar refractivity (Wildman–Crippen MR) is 131 cm³/mol. The molecule has 0 bridgehead atoms. The summed E-state index contributed by atoms with van der Waals surface area (Å²) in [5, 5.41) is 20.6. The van der Waals surface area contributed by atoms with Crippen LogP contribution in [-0.4, -0.2) is 35.5 Å². The second-order valence-electron chi connectivity index (χ2n) is 7.60. The Balaban J connectivity index is 1.84. The minimum Gasteiger partial charge on any atom is -0.504 e. The van der Waals surface area contributed by atoms with E-state index in [0.29, 0.717) is 44.9 Å². The van der Waals surface area contributed by atoms with Gasteiger partial charge in [0, 0.05) is 11.8 Å². The molecule has 1 atom stereocenters. The molecule has 9 nitrogen and oxygen atoms in total. The van der Waals surface area contributed by atoms with Crippen molar-refractivity contribution < 1.29 is 23.9 Å². The summed E-state index contributed by atoms with van der Waals surface area (Å²) in [6.07, 6.45) is 0. The molecule has 1 amide bonds. The van der Waals surface area contributed by atoms with Crippen LogP contribution in [0.15, 0.2) is 64.3 Å². The number of nitrogens with one attached hydrogen (secondary N) is 2. The second kappa shape index (κ2) is 9.44. The minimum absolute atomic E-state index is 0.0515. The molecule has 1 aliphatic heterocycles. The van der Waals surface area contributed by atoms with Gasteiger partial charge in [0.2, 0.25) is 0 Å². The Kier molecular flexibility index (Phi) is 6.42. The number of benzene rings is 2. The predicted octanol–water partition coefficient (Wildman–Crippen LogP) is 4.05. The first-order valence-corrected chi connectivity index (χ1v) is 10.8. The van der Waals surface area contributed by atoms with Gasteiger partial charge in [0.1, 0.15) is 11.5 Å².